The van der Waals surface area contributed by atoms with Crippen LogP contribution in [0.2, 0.25) is 0 Å². The molecule has 4 rings (SSSR count). The number of sulfonamides is 1. The lowest BCUT2D eigenvalue weighted by Gasteiger charge is -2.33. The highest BCUT2D eigenvalue weighted by molar-refractivity contribution is 7.89. The van der Waals surface area contributed by atoms with Gasteiger partial charge in [0.25, 0.3) is 0 Å². The fourth-order valence-corrected chi connectivity index (χ4v) is 5.16. The summed E-state index contributed by atoms with van der Waals surface area (Å²) in [5.74, 6) is 0.846. The van der Waals surface area contributed by atoms with E-state index in [1.165, 1.54) is 4.31 Å². The molecular formula is C20H22N2O5S. The minimum absolute atomic E-state index is 0.151. The molecule has 0 saturated carbocycles. The maximum absolute atomic E-state index is 13.1. The predicted octanol–water partition coefficient (Wildman–Crippen LogP) is 2.91. The lowest BCUT2D eigenvalue weighted by Crippen LogP contribution is -2.49. The van der Waals surface area contributed by atoms with Gasteiger partial charge in [0.15, 0.2) is 11.5 Å². The Hall–Kier alpha value is -2.58. The third-order valence-electron chi connectivity index (χ3n) is 5.02. The van der Waals surface area contributed by atoms with E-state index >= 15 is 0 Å². The maximum Gasteiger partial charge on any atom is 0.243 e. The summed E-state index contributed by atoms with van der Waals surface area (Å²) in [4.78, 5) is 13.1. The van der Waals surface area contributed by atoms with Crippen LogP contribution in [0.25, 0.3) is 0 Å². The van der Waals surface area contributed by atoms with Gasteiger partial charge in [-0.3, -0.25) is 4.79 Å². The first kappa shape index (κ1) is 18.8. The summed E-state index contributed by atoms with van der Waals surface area (Å²) >= 11 is 0. The summed E-state index contributed by atoms with van der Waals surface area (Å²) in [6.45, 7) is 2.38. The van der Waals surface area contributed by atoms with Gasteiger partial charge in [0.2, 0.25) is 22.7 Å². The van der Waals surface area contributed by atoms with Gasteiger partial charge in [-0.05, 0) is 44.0 Å². The van der Waals surface area contributed by atoms with Crippen molar-refractivity contribution in [3.63, 3.8) is 0 Å². The third kappa shape index (κ3) is 3.57. The molecule has 1 saturated heterocycles. The number of rotatable bonds is 4. The van der Waals surface area contributed by atoms with Crippen molar-refractivity contribution in [3.8, 4) is 11.5 Å². The van der Waals surface area contributed by atoms with E-state index in [1.807, 2.05) is 6.92 Å². The zero-order chi connectivity index (χ0) is 19.7. The number of hydrogen-bond acceptors (Lipinski definition) is 5. The van der Waals surface area contributed by atoms with E-state index in [9.17, 15) is 13.2 Å². The molecule has 1 atom stereocenters. The van der Waals surface area contributed by atoms with E-state index < -0.39 is 16.1 Å². The van der Waals surface area contributed by atoms with Gasteiger partial charge in [-0.1, -0.05) is 24.1 Å². The van der Waals surface area contributed by atoms with Crippen LogP contribution in [0.15, 0.2) is 47.4 Å². The average molecular weight is 402 g/mol. The highest BCUT2D eigenvalue weighted by Gasteiger charge is 2.37. The largest absolute Gasteiger partial charge is 0.454 e. The zero-order valence-electron chi connectivity index (χ0n) is 15.6. The van der Waals surface area contributed by atoms with Gasteiger partial charge in [0.05, 0.1) is 4.90 Å². The number of ether oxygens (including phenoxy) is 2. The normalized spacial score (nSPS) is 19.4. The van der Waals surface area contributed by atoms with Gasteiger partial charge in [0.1, 0.15) is 6.04 Å². The first-order valence-corrected chi connectivity index (χ1v) is 10.7. The van der Waals surface area contributed by atoms with E-state index in [2.05, 4.69) is 5.32 Å². The number of anilines is 1. The molecule has 0 bridgehead atoms. The van der Waals surface area contributed by atoms with Gasteiger partial charge in [0, 0.05) is 18.3 Å². The molecule has 0 spiro atoms. The Morgan fingerprint density at radius 2 is 1.82 bits per heavy atom. The summed E-state index contributed by atoms with van der Waals surface area (Å²) in [5, 5.41) is 2.82. The molecule has 1 amide bonds. The first-order valence-electron chi connectivity index (χ1n) is 9.24. The number of aryl methyl sites for hydroxylation is 1. The highest BCUT2D eigenvalue weighted by Crippen LogP contribution is 2.34. The summed E-state index contributed by atoms with van der Waals surface area (Å²) in [6.07, 6.45) is 2.03. The Kier molecular flexibility index (Phi) is 4.99. The molecule has 0 aliphatic carbocycles. The maximum atomic E-state index is 13.1. The topological polar surface area (TPSA) is 84.9 Å². The van der Waals surface area contributed by atoms with Crippen LogP contribution in [0.3, 0.4) is 0 Å². The van der Waals surface area contributed by atoms with Crippen molar-refractivity contribution >= 4 is 21.6 Å². The minimum atomic E-state index is -3.75. The molecule has 8 heteroatoms. The Morgan fingerprint density at radius 1 is 1.07 bits per heavy atom. The van der Waals surface area contributed by atoms with Gasteiger partial charge >= 0.3 is 0 Å². The molecule has 28 heavy (non-hydrogen) atoms. The Bertz CT molecular complexity index is 988. The molecule has 0 unspecified atom stereocenters. The van der Waals surface area contributed by atoms with Gasteiger partial charge in [-0.25, -0.2) is 8.42 Å². The fraction of sp³-hybridized carbons (Fsp3) is 0.350. The van der Waals surface area contributed by atoms with Crippen LogP contribution in [0.5, 0.6) is 11.5 Å². The first-order chi connectivity index (χ1) is 13.4. The molecule has 0 aromatic heterocycles. The van der Waals surface area contributed by atoms with E-state index in [4.69, 9.17) is 9.47 Å². The Morgan fingerprint density at radius 3 is 2.61 bits per heavy atom. The molecule has 148 valence electrons. The third-order valence-corrected chi connectivity index (χ3v) is 6.95. The number of hydrogen-bond donors (Lipinski definition) is 1. The number of piperidine rings is 1. The van der Waals surface area contributed by atoms with Crippen molar-refractivity contribution in [2.45, 2.75) is 37.1 Å². The number of amides is 1. The zero-order valence-corrected chi connectivity index (χ0v) is 16.4. The van der Waals surface area contributed by atoms with Crippen molar-refractivity contribution in [2.75, 3.05) is 18.7 Å². The Balaban J connectivity index is 1.56. The molecule has 1 fully saturated rings. The molecule has 0 radical (unpaired) electrons. The van der Waals surface area contributed by atoms with Crippen LogP contribution in [0.1, 0.15) is 24.8 Å². The van der Waals surface area contributed by atoms with Crippen LogP contribution in [-0.2, 0) is 14.8 Å². The number of nitrogens with zero attached hydrogens (tertiary/aromatic N) is 1. The van der Waals surface area contributed by atoms with E-state index in [-0.39, 0.29) is 17.6 Å². The lowest BCUT2D eigenvalue weighted by atomic mass is 10.0. The smallest absolute Gasteiger partial charge is 0.243 e. The van der Waals surface area contributed by atoms with Crippen molar-refractivity contribution in [3.05, 3.63) is 48.0 Å². The quantitative estimate of drug-likeness (QED) is 0.850. The molecule has 2 aromatic rings. The lowest BCUT2D eigenvalue weighted by molar-refractivity contribution is -0.120. The molecule has 2 heterocycles. The highest BCUT2D eigenvalue weighted by atomic mass is 32.2. The van der Waals surface area contributed by atoms with Crippen LogP contribution in [-0.4, -0.2) is 38.0 Å². The average Bonchev–Trinajstić information content (AvgIpc) is 3.16. The molecule has 7 nitrogen and oxygen atoms in total. The minimum Gasteiger partial charge on any atom is -0.454 e. The van der Waals surface area contributed by atoms with E-state index in [0.717, 1.165) is 18.4 Å². The van der Waals surface area contributed by atoms with E-state index in [1.54, 1.807) is 42.5 Å². The summed E-state index contributed by atoms with van der Waals surface area (Å²) in [5.41, 5.74) is 1.53. The number of nitrogens with one attached hydrogen (secondary N) is 1. The second kappa shape index (κ2) is 7.44. The molecule has 1 N–H and O–H groups in total. The summed E-state index contributed by atoms with van der Waals surface area (Å²) in [7, 11) is -3.75. The van der Waals surface area contributed by atoms with Crippen molar-refractivity contribution in [1.29, 1.82) is 0 Å². The van der Waals surface area contributed by atoms with Crippen LogP contribution >= 0.6 is 0 Å². The van der Waals surface area contributed by atoms with Crippen molar-refractivity contribution < 1.29 is 22.7 Å². The molecular weight excluding hydrogens is 380 g/mol. The van der Waals surface area contributed by atoms with Gasteiger partial charge in [-0.15, -0.1) is 0 Å². The fourth-order valence-electron chi connectivity index (χ4n) is 3.50. The molecule has 2 aliphatic heterocycles. The predicted molar refractivity (Wildman–Crippen MR) is 104 cm³/mol. The second-order valence-corrected chi connectivity index (χ2v) is 8.89. The number of carbonyl (C=O) groups is 1. The van der Waals surface area contributed by atoms with Crippen molar-refractivity contribution in [2.24, 2.45) is 0 Å². The SMILES string of the molecule is Cc1ccc(S(=O)(=O)N2CCCC[C@H]2C(=O)Nc2ccc3c(c2)OCO3)cc1. The van der Waals surface area contributed by atoms with Gasteiger partial charge in [-0.2, -0.15) is 4.31 Å². The summed E-state index contributed by atoms with van der Waals surface area (Å²) < 4.78 is 38.2. The van der Waals surface area contributed by atoms with Crippen LogP contribution in [0.4, 0.5) is 5.69 Å². The Labute approximate surface area is 164 Å². The standard InChI is InChI=1S/C20H22N2O5S/c1-14-5-8-16(9-6-14)28(24,25)22-11-3-2-4-17(22)20(23)21-15-7-10-18-19(12-15)27-13-26-18/h5-10,12,17H,2-4,11,13H2,1H3,(H,21,23)/t17-/m0/s1. The summed E-state index contributed by atoms with van der Waals surface area (Å²) in [6, 6.07) is 11.1. The number of benzene rings is 2. The van der Waals surface area contributed by atoms with Crippen molar-refractivity contribution in [1.82, 2.24) is 4.31 Å². The monoisotopic (exact) mass is 402 g/mol. The molecule has 2 aliphatic rings. The number of carbonyl (C=O) groups excluding carboxylic acids is 1. The van der Waals surface area contributed by atoms with E-state index in [0.29, 0.717) is 30.2 Å². The number of fused-ring (bicyclic) bond motifs is 1. The van der Waals surface area contributed by atoms with Crippen LogP contribution in [0, 0.1) is 6.92 Å². The van der Waals surface area contributed by atoms with Crippen LogP contribution < -0.4 is 14.8 Å². The van der Waals surface area contributed by atoms with Gasteiger partial charge < -0.3 is 14.8 Å². The second-order valence-electron chi connectivity index (χ2n) is 7.00. The molecule has 2 aromatic carbocycles.